The number of rotatable bonds is 7. The van der Waals surface area contributed by atoms with Crippen LogP contribution in [0.2, 0.25) is 0 Å². The van der Waals surface area contributed by atoms with Crippen LogP contribution in [0, 0.1) is 0 Å². The molecule has 0 N–H and O–H groups in total. The molecule has 3 aromatic rings. The first kappa shape index (κ1) is 17.9. The first-order chi connectivity index (χ1) is 12.3. The van der Waals surface area contributed by atoms with E-state index in [1.165, 1.54) is 0 Å². The molecule has 0 unspecified atom stereocenters. The zero-order chi connectivity index (χ0) is 17.5. The minimum Gasteiger partial charge on any atom is -0.293 e. The quantitative estimate of drug-likeness (QED) is 0.269. The molecular formula is C20H16ClNOS2. The highest BCUT2D eigenvalue weighted by Gasteiger charge is 2.13. The van der Waals surface area contributed by atoms with Crippen molar-refractivity contribution in [1.29, 1.82) is 0 Å². The Morgan fingerprint density at radius 3 is 1.88 bits per heavy atom. The number of halogens is 1. The first-order valence-corrected chi connectivity index (χ1v) is 9.80. The predicted octanol–water partition coefficient (Wildman–Crippen LogP) is 6.33. The summed E-state index contributed by atoms with van der Waals surface area (Å²) in [7, 11) is 0. The van der Waals surface area contributed by atoms with E-state index >= 15 is 0 Å². The van der Waals surface area contributed by atoms with Crippen LogP contribution in [0.15, 0.2) is 94.7 Å². The SMILES string of the molecule is O=C(CCl)c1cccc(N(Sc2ccccc2)Sc2ccccc2)c1. The second kappa shape index (κ2) is 8.99. The van der Waals surface area contributed by atoms with Crippen molar-refractivity contribution < 1.29 is 4.79 Å². The highest BCUT2D eigenvalue weighted by atomic mass is 35.5. The summed E-state index contributed by atoms with van der Waals surface area (Å²) in [4.78, 5) is 14.2. The Kier molecular flexibility index (Phi) is 6.45. The van der Waals surface area contributed by atoms with E-state index in [-0.39, 0.29) is 11.7 Å². The molecule has 0 spiro atoms. The number of hydrogen-bond acceptors (Lipinski definition) is 4. The van der Waals surface area contributed by atoms with Crippen molar-refractivity contribution in [3.05, 3.63) is 90.5 Å². The molecule has 3 rings (SSSR count). The minimum atomic E-state index is -0.0714. The molecule has 5 heteroatoms. The summed E-state index contributed by atoms with van der Waals surface area (Å²) in [6, 6.07) is 27.9. The Labute approximate surface area is 161 Å². The summed E-state index contributed by atoms with van der Waals surface area (Å²) >= 11 is 8.94. The van der Waals surface area contributed by atoms with Gasteiger partial charge in [-0.1, -0.05) is 48.5 Å². The van der Waals surface area contributed by atoms with E-state index < -0.39 is 0 Å². The summed E-state index contributed by atoms with van der Waals surface area (Å²) in [6.07, 6.45) is 0. The van der Waals surface area contributed by atoms with E-state index in [1.54, 1.807) is 30.0 Å². The van der Waals surface area contributed by atoms with E-state index in [0.717, 1.165) is 15.5 Å². The van der Waals surface area contributed by atoms with Gasteiger partial charge >= 0.3 is 0 Å². The van der Waals surface area contributed by atoms with Gasteiger partial charge in [0.05, 0.1) is 11.6 Å². The third kappa shape index (κ3) is 5.05. The number of carbonyl (C=O) groups excluding carboxylic acids is 1. The van der Waals surface area contributed by atoms with E-state index in [0.29, 0.717) is 5.56 Å². The molecule has 0 fully saturated rings. The maximum atomic E-state index is 11.9. The van der Waals surface area contributed by atoms with Crippen LogP contribution in [0.4, 0.5) is 5.69 Å². The van der Waals surface area contributed by atoms with Gasteiger partial charge in [-0.25, -0.2) is 3.71 Å². The van der Waals surface area contributed by atoms with Gasteiger partial charge in [0.1, 0.15) is 0 Å². The monoisotopic (exact) mass is 385 g/mol. The lowest BCUT2D eigenvalue weighted by molar-refractivity contribution is 0.102. The number of alkyl halides is 1. The van der Waals surface area contributed by atoms with Crippen LogP contribution >= 0.6 is 35.5 Å². The lowest BCUT2D eigenvalue weighted by Gasteiger charge is -2.22. The molecule has 126 valence electrons. The number of carbonyl (C=O) groups is 1. The zero-order valence-electron chi connectivity index (χ0n) is 13.3. The fraction of sp³-hybridized carbons (Fsp3) is 0.0500. The van der Waals surface area contributed by atoms with Crippen molar-refractivity contribution in [3.63, 3.8) is 0 Å². The molecule has 0 saturated carbocycles. The van der Waals surface area contributed by atoms with Crippen LogP contribution in [-0.2, 0) is 0 Å². The van der Waals surface area contributed by atoms with Gasteiger partial charge in [0.15, 0.2) is 5.78 Å². The topological polar surface area (TPSA) is 20.3 Å². The highest BCUT2D eigenvalue weighted by Crippen LogP contribution is 2.39. The number of ketones is 1. The Morgan fingerprint density at radius 2 is 1.36 bits per heavy atom. The minimum absolute atomic E-state index is 0.0128. The maximum Gasteiger partial charge on any atom is 0.177 e. The molecule has 0 amide bonds. The lowest BCUT2D eigenvalue weighted by Crippen LogP contribution is -2.06. The maximum absolute atomic E-state index is 11.9. The zero-order valence-corrected chi connectivity index (χ0v) is 15.7. The molecule has 0 heterocycles. The molecule has 0 saturated heterocycles. The number of anilines is 1. The third-order valence-corrected chi connectivity index (χ3v) is 5.77. The van der Waals surface area contributed by atoms with Crippen molar-refractivity contribution in [2.75, 3.05) is 9.59 Å². The van der Waals surface area contributed by atoms with Crippen LogP contribution in [0.3, 0.4) is 0 Å². The van der Waals surface area contributed by atoms with E-state index in [9.17, 15) is 4.79 Å². The molecule has 0 aliphatic carbocycles. The molecule has 0 aliphatic heterocycles. The van der Waals surface area contributed by atoms with Crippen LogP contribution < -0.4 is 3.71 Å². The van der Waals surface area contributed by atoms with Gasteiger partial charge in [-0.05, 0) is 60.3 Å². The molecule has 0 bridgehead atoms. The molecule has 0 aromatic heterocycles. The fourth-order valence-electron chi connectivity index (χ4n) is 2.15. The van der Waals surface area contributed by atoms with Crippen molar-refractivity contribution in [1.82, 2.24) is 0 Å². The number of nitrogens with zero attached hydrogens (tertiary/aromatic N) is 1. The Hall–Kier alpha value is -1.88. The number of Topliss-reactive ketones (excluding diaryl/α,β-unsaturated/α-hetero) is 1. The van der Waals surface area contributed by atoms with E-state index in [4.69, 9.17) is 11.6 Å². The van der Waals surface area contributed by atoms with Crippen molar-refractivity contribution in [2.45, 2.75) is 9.79 Å². The van der Waals surface area contributed by atoms with Crippen LogP contribution in [0.1, 0.15) is 10.4 Å². The van der Waals surface area contributed by atoms with Crippen LogP contribution in [0.5, 0.6) is 0 Å². The van der Waals surface area contributed by atoms with Crippen LogP contribution in [-0.4, -0.2) is 11.7 Å². The largest absolute Gasteiger partial charge is 0.293 e. The molecule has 0 atom stereocenters. The summed E-state index contributed by atoms with van der Waals surface area (Å²) in [5.41, 5.74) is 1.57. The number of hydrogen-bond donors (Lipinski definition) is 0. The van der Waals surface area contributed by atoms with Gasteiger partial charge in [-0.2, -0.15) is 0 Å². The second-order valence-electron chi connectivity index (χ2n) is 5.17. The molecular weight excluding hydrogens is 370 g/mol. The Balaban J connectivity index is 1.91. The molecule has 25 heavy (non-hydrogen) atoms. The summed E-state index contributed by atoms with van der Waals surface area (Å²) in [6.45, 7) is 0. The van der Waals surface area contributed by atoms with Gasteiger partial charge in [0.25, 0.3) is 0 Å². The van der Waals surface area contributed by atoms with E-state index in [1.807, 2.05) is 54.6 Å². The van der Waals surface area contributed by atoms with Crippen molar-refractivity contribution in [2.24, 2.45) is 0 Å². The normalized spacial score (nSPS) is 10.4. The highest BCUT2D eigenvalue weighted by molar-refractivity contribution is 8.18. The Morgan fingerprint density at radius 1 is 0.800 bits per heavy atom. The van der Waals surface area contributed by atoms with Gasteiger partial charge in [-0.3, -0.25) is 4.79 Å². The lowest BCUT2D eigenvalue weighted by atomic mass is 10.1. The number of benzene rings is 3. The molecule has 2 nitrogen and oxygen atoms in total. The second-order valence-corrected chi connectivity index (χ2v) is 7.71. The molecule has 0 aliphatic rings. The van der Waals surface area contributed by atoms with E-state index in [2.05, 4.69) is 28.0 Å². The smallest absolute Gasteiger partial charge is 0.177 e. The summed E-state index contributed by atoms with van der Waals surface area (Å²) in [5, 5.41) is 0. The summed E-state index contributed by atoms with van der Waals surface area (Å²) < 4.78 is 2.11. The fourth-order valence-corrected chi connectivity index (χ4v) is 4.35. The van der Waals surface area contributed by atoms with Gasteiger partial charge in [0, 0.05) is 15.4 Å². The average Bonchev–Trinajstić information content (AvgIpc) is 2.68. The third-order valence-electron chi connectivity index (χ3n) is 3.36. The van der Waals surface area contributed by atoms with Crippen molar-refractivity contribution >= 4 is 47.0 Å². The molecule has 3 aromatic carbocycles. The Bertz CT molecular complexity index is 786. The van der Waals surface area contributed by atoms with Crippen LogP contribution in [0.25, 0.3) is 0 Å². The van der Waals surface area contributed by atoms with Gasteiger partial charge in [-0.15, -0.1) is 11.6 Å². The predicted molar refractivity (Wildman–Crippen MR) is 109 cm³/mol. The first-order valence-electron chi connectivity index (χ1n) is 7.71. The van der Waals surface area contributed by atoms with Crippen molar-refractivity contribution in [3.8, 4) is 0 Å². The van der Waals surface area contributed by atoms with Gasteiger partial charge in [0.2, 0.25) is 0 Å². The standard InChI is InChI=1S/C20H16ClNOS2/c21-15-20(23)16-8-7-9-17(14-16)22(24-18-10-3-1-4-11-18)25-19-12-5-2-6-13-19/h1-14H,15H2. The summed E-state index contributed by atoms with van der Waals surface area (Å²) in [5.74, 6) is -0.0842. The van der Waals surface area contributed by atoms with Gasteiger partial charge < -0.3 is 0 Å². The molecule has 0 radical (unpaired) electrons. The average molecular weight is 386 g/mol.